The van der Waals surface area contributed by atoms with Crippen LogP contribution < -0.4 is 4.90 Å². The van der Waals surface area contributed by atoms with Gasteiger partial charge in [-0.05, 0) is 29.3 Å². The molecule has 5 rings (SSSR count). The third kappa shape index (κ3) is 2.93. The summed E-state index contributed by atoms with van der Waals surface area (Å²) in [5, 5.41) is 0. The first kappa shape index (κ1) is 19.0. The molecular weight excluding hydrogens is 381 g/mol. The molecule has 30 heavy (non-hydrogen) atoms. The van der Waals surface area contributed by atoms with E-state index >= 15 is 0 Å². The average molecular weight is 403 g/mol. The minimum atomic E-state index is -1.44. The molecule has 1 amide bonds. The van der Waals surface area contributed by atoms with Gasteiger partial charge in [0.2, 0.25) is 0 Å². The molecule has 0 saturated carbocycles. The van der Waals surface area contributed by atoms with Gasteiger partial charge in [-0.15, -0.1) is 0 Å². The number of anilines is 1. The zero-order chi connectivity index (χ0) is 20.8. The summed E-state index contributed by atoms with van der Waals surface area (Å²) in [4.78, 5) is 15.2. The number of para-hydroxylation sites is 1. The number of hydrogen-bond donors (Lipinski definition) is 0. The van der Waals surface area contributed by atoms with Crippen molar-refractivity contribution in [2.45, 2.75) is 24.7 Å². The van der Waals surface area contributed by atoms with Gasteiger partial charge in [0.15, 0.2) is 0 Å². The number of fused-ring (bicyclic) bond motifs is 2. The topological polar surface area (TPSA) is 38.8 Å². The maximum absolute atomic E-state index is 13.6. The molecule has 4 nitrogen and oxygen atoms in total. The Morgan fingerprint density at radius 1 is 0.900 bits per heavy atom. The highest BCUT2D eigenvalue weighted by atomic mass is 19.1. The van der Waals surface area contributed by atoms with Crippen molar-refractivity contribution < 1.29 is 18.7 Å². The summed E-state index contributed by atoms with van der Waals surface area (Å²) >= 11 is 0. The van der Waals surface area contributed by atoms with Crippen LogP contribution in [0.1, 0.15) is 23.6 Å². The van der Waals surface area contributed by atoms with Gasteiger partial charge in [0, 0.05) is 11.0 Å². The summed E-state index contributed by atoms with van der Waals surface area (Å²) < 4.78 is 25.8. The van der Waals surface area contributed by atoms with Crippen LogP contribution in [0.15, 0.2) is 78.9 Å². The smallest absolute Gasteiger partial charge is 0.292 e. The van der Waals surface area contributed by atoms with Gasteiger partial charge in [-0.25, -0.2) is 4.39 Å². The Morgan fingerprint density at radius 3 is 2.23 bits per heavy atom. The molecule has 5 heteroatoms. The first-order valence-electron chi connectivity index (χ1n) is 10.0. The largest absolute Gasteiger partial charge is 0.337 e. The molecule has 1 saturated heterocycles. The van der Waals surface area contributed by atoms with Crippen molar-refractivity contribution in [3.8, 4) is 0 Å². The summed E-state index contributed by atoms with van der Waals surface area (Å²) in [5.74, 6) is -1.99. The highest BCUT2D eigenvalue weighted by Gasteiger charge is 2.57. The lowest BCUT2D eigenvalue weighted by atomic mass is 9.83. The van der Waals surface area contributed by atoms with Crippen LogP contribution in [-0.2, 0) is 32.0 Å². The lowest BCUT2D eigenvalue weighted by molar-refractivity contribution is -0.275. The van der Waals surface area contributed by atoms with E-state index in [1.807, 2.05) is 42.5 Å². The normalized spacial score (nSPS) is 25.5. The molecule has 0 aliphatic carbocycles. The second-order valence-corrected chi connectivity index (χ2v) is 8.16. The number of hydrogen-bond acceptors (Lipinski definition) is 3. The van der Waals surface area contributed by atoms with Crippen molar-refractivity contribution in [2.75, 3.05) is 18.1 Å². The molecule has 0 N–H and O–H groups in total. The molecule has 0 bridgehead atoms. The van der Waals surface area contributed by atoms with E-state index in [0.717, 1.165) is 16.8 Å². The lowest BCUT2D eigenvalue weighted by Crippen LogP contribution is -2.53. The van der Waals surface area contributed by atoms with Crippen molar-refractivity contribution >= 4 is 11.6 Å². The van der Waals surface area contributed by atoms with E-state index in [4.69, 9.17) is 9.47 Å². The van der Waals surface area contributed by atoms with Crippen LogP contribution in [0.3, 0.4) is 0 Å². The third-order valence-electron chi connectivity index (χ3n) is 5.99. The quantitative estimate of drug-likeness (QED) is 0.645. The molecule has 1 fully saturated rings. The van der Waals surface area contributed by atoms with E-state index < -0.39 is 5.79 Å². The van der Waals surface area contributed by atoms with Gasteiger partial charge in [0.1, 0.15) is 5.82 Å². The molecular formula is C25H22FNO3. The fourth-order valence-corrected chi connectivity index (χ4v) is 4.21. The Balaban J connectivity index is 1.46. The SMILES string of the molecule is CC1(c2ccccc2)COC2(OC1)C(=O)N(Cc1ccc(F)cc1)c1ccccc12. The zero-order valence-corrected chi connectivity index (χ0v) is 16.7. The van der Waals surface area contributed by atoms with Crippen LogP contribution in [-0.4, -0.2) is 19.1 Å². The first-order chi connectivity index (χ1) is 14.5. The zero-order valence-electron chi connectivity index (χ0n) is 16.7. The fourth-order valence-electron chi connectivity index (χ4n) is 4.21. The highest BCUT2D eigenvalue weighted by Crippen LogP contribution is 2.48. The van der Waals surface area contributed by atoms with Crippen LogP contribution >= 0.6 is 0 Å². The van der Waals surface area contributed by atoms with Gasteiger partial charge < -0.3 is 14.4 Å². The van der Waals surface area contributed by atoms with Gasteiger partial charge in [0.25, 0.3) is 11.7 Å². The summed E-state index contributed by atoms with van der Waals surface area (Å²) in [6, 6.07) is 23.8. The Kier molecular flexibility index (Phi) is 4.45. The van der Waals surface area contributed by atoms with Crippen molar-refractivity contribution in [1.29, 1.82) is 0 Å². The van der Waals surface area contributed by atoms with Crippen molar-refractivity contribution in [2.24, 2.45) is 0 Å². The number of nitrogens with zero attached hydrogens (tertiary/aromatic N) is 1. The molecule has 1 spiro atoms. The van der Waals surface area contributed by atoms with E-state index in [9.17, 15) is 9.18 Å². The van der Waals surface area contributed by atoms with Gasteiger partial charge >= 0.3 is 0 Å². The summed E-state index contributed by atoms with van der Waals surface area (Å²) in [7, 11) is 0. The molecule has 2 aliphatic heterocycles. The van der Waals surface area contributed by atoms with E-state index in [2.05, 4.69) is 19.1 Å². The predicted octanol–water partition coefficient (Wildman–Crippen LogP) is 4.53. The Labute approximate surface area is 174 Å². The van der Waals surface area contributed by atoms with E-state index in [-0.39, 0.29) is 17.1 Å². The number of ether oxygens (including phenoxy) is 2. The van der Waals surface area contributed by atoms with Gasteiger partial charge in [-0.2, -0.15) is 0 Å². The minimum Gasteiger partial charge on any atom is -0.337 e. The molecule has 152 valence electrons. The predicted molar refractivity (Wildman–Crippen MR) is 111 cm³/mol. The maximum atomic E-state index is 13.6. The molecule has 0 radical (unpaired) electrons. The molecule has 0 atom stereocenters. The average Bonchev–Trinajstić information content (AvgIpc) is 3.01. The third-order valence-corrected chi connectivity index (χ3v) is 5.99. The van der Waals surface area contributed by atoms with Gasteiger partial charge in [0.05, 0.1) is 25.4 Å². The van der Waals surface area contributed by atoms with Crippen molar-refractivity contribution in [3.05, 3.63) is 101 Å². The van der Waals surface area contributed by atoms with E-state index in [0.29, 0.717) is 25.3 Å². The van der Waals surface area contributed by atoms with Crippen molar-refractivity contribution in [1.82, 2.24) is 0 Å². The van der Waals surface area contributed by atoms with Crippen LogP contribution in [0.25, 0.3) is 0 Å². The van der Waals surface area contributed by atoms with Crippen LogP contribution in [0.2, 0.25) is 0 Å². The standard InChI is InChI=1S/C25H22FNO3/c1-24(19-7-3-2-4-8-19)16-29-25(30-17-24)21-9-5-6-10-22(21)27(23(25)28)15-18-11-13-20(26)14-12-18/h2-14H,15-17H2,1H3. The molecule has 3 aromatic carbocycles. The number of rotatable bonds is 3. The molecule has 0 unspecified atom stereocenters. The number of carbonyl (C=O) groups is 1. The van der Waals surface area contributed by atoms with Gasteiger partial charge in [-0.1, -0.05) is 67.6 Å². The fraction of sp³-hybridized carbons (Fsp3) is 0.240. The number of benzene rings is 3. The molecule has 2 aliphatic rings. The van der Waals surface area contributed by atoms with Crippen LogP contribution in [0.4, 0.5) is 10.1 Å². The lowest BCUT2D eigenvalue weighted by Gasteiger charge is -2.42. The number of amides is 1. The Morgan fingerprint density at radius 2 is 1.53 bits per heavy atom. The number of halogens is 1. The minimum absolute atomic E-state index is 0.247. The van der Waals surface area contributed by atoms with Gasteiger partial charge in [-0.3, -0.25) is 4.79 Å². The maximum Gasteiger partial charge on any atom is 0.292 e. The molecule has 3 aromatic rings. The Bertz CT molecular complexity index is 1070. The Hall–Kier alpha value is -3.02. The van der Waals surface area contributed by atoms with Crippen LogP contribution in [0.5, 0.6) is 0 Å². The van der Waals surface area contributed by atoms with E-state index in [1.165, 1.54) is 12.1 Å². The van der Waals surface area contributed by atoms with E-state index in [1.54, 1.807) is 17.0 Å². The van der Waals surface area contributed by atoms with Crippen LogP contribution in [0, 0.1) is 5.82 Å². The van der Waals surface area contributed by atoms with Crippen molar-refractivity contribution in [3.63, 3.8) is 0 Å². The first-order valence-corrected chi connectivity index (χ1v) is 10.0. The second-order valence-electron chi connectivity index (χ2n) is 8.16. The summed E-state index contributed by atoms with van der Waals surface area (Å²) in [6.45, 7) is 3.13. The number of carbonyl (C=O) groups excluding carboxylic acids is 1. The highest BCUT2D eigenvalue weighted by molar-refractivity contribution is 6.06. The second kappa shape index (κ2) is 7.04. The summed E-state index contributed by atoms with van der Waals surface area (Å²) in [5.41, 5.74) is 3.08. The summed E-state index contributed by atoms with van der Waals surface area (Å²) in [6.07, 6.45) is 0. The monoisotopic (exact) mass is 403 g/mol. The molecule has 2 heterocycles. The molecule has 0 aromatic heterocycles.